The molecule has 5 heterocycles. The van der Waals surface area contributed by atoms with Crippen LogP contribution in [0.25, 0.3) is 55.8 Å². The quantitative estimate of drug-likeness (QED) is 0.280. The topological polar surface area (TPSA) is 125 Å². The van der Waals surface area contributed by atoms with Crippen LogP contribution in [0.15, 0.2) is 67.4 Å². The molecule has 0 bridgehead atoms. The second-order valence-corrected chi connectivity index (χ2v) is 10.00. The Balaban J connectivity index is 1.43. The molecule has 9 nitrogen and oxygen atoms in total. The van der Waals surface area contributed by atoms with Crippen molar-refractivity contribution in [1.82, 2.24) is 35.1 Å². The maximum atomic E-state index is 15.2. The predicted molar refractivity (Wildman–Crippen MR) is 143 cm³/mol. The highest BCUT2D eigenvalue weighted by atomic mass is 19.1. The van der Waals surface area contributed by atoms with Gasteiger partial charge in [0.1, 0.15) is 17.0 Å². The zero-order chi connectivity index (χ0) is 26.4. The molecule has 10 heteroatoms. The normalized spacial score (nSPS) is 11.8. The largest absolute Gasteiger partial charge is 0.324 e. The van der Waals surface area contributed by atoms with Crippen LogP contribution in [-0.4, -0.2) is 41.0 Å². The van der Waals surface area contributed by atoms with E-state index >= 15 is 4.39 Å². The molecule has 0 atom stereocenters. The number of aromatic nitrogens is 7. The third-order valence-corrected chi connectivity index (χ3v) is 6.22. The van der Waals surface area contributed by atoms with E-state index in [-0.39, 0.29) is 5.91 Å². The molecule has 6 aromatic rings. The molecule has 1 amide bonds. The van der Waals surface area contributed by atoms with Crippen LogP contribution in [0.3, 0.4) is 0 Å². The lowest BCUT2D eigenvalue weighted by Gasteiger charge is -2.17. The number of halogens is 1. The van der Waals surface area contributed by atoms with E-state index in [0.717, 1.165) is 11.1 Å². The van der Waals surface area contributed by atoms with Crippen molar-refractivity contribution in [1.29, 1.82) is 0 Å². The molecule has 1 aromatic carbocycles. The molecule has 5 aromatic heterocycles. The lowest BCUT2D eigenvalue weighted by Crippen LogP contribution is -2.27. The standard InChI is InChI=1S/C28H23FN8O/c1-28(2,3)27(38)33-17-9-16(13-31-14-17)19-10-20-22(11-21(19)29)36-37-24(20)26-34-23-18(6-8-32-25(23)35-26)15-5-4-7-30-12-15/h4-14H,1-3H3,(H,33,38)(H,36,37)(H,32,34,35). The minimum atomic E-state index is -0.579. The molecule has 0 unspecified atom stereocenters. The predicted octanol–water partition coefficient (Wildman–Crippen LogP) is 5.75. The second kappa shape index (κ2) is 8.84. The molecular weight excluding hydrogens is 483 g/mol. The molecule has 0 fully saturated rings. The number of H-pyrrole nitrogens is 2. The number of nitrogens with zero attached hydrogens (tertiary/aromatic N) is 5. The maximum absolute atomic E-state index is 15.2. The number of pyridine rings is 3. The SMILES string of the molecule is CC(C)(C)C(=O)Nc1cncc(-c2cc3c(-c4nc5c(-c6cccnc6)ccnc5[nH]4)n[nH]c3cc2F)c1. The molecular formula is C28H23FN8O. The highest BCUT2D eigenvalue weighted by molar-refractivity contribution is 5.98. The van der Waals surface area contributed by atoms with E-state index < -0.39 is 11.2 Å². The van der Waals surface area contributed by atoms with Crippen molar-refractivity contribution >= 4 is 33.7 Å². The zero-order valence-corrected chi connectivity index (χ0v) is 20.9. The summed E-state index contributed by atoms with van der Waals surface area (Å²) >= 11 is 0. The number of carbonyl (C=O) groups is 1. The van der Waals surface area contributed by atoms with Crippen LogP contribution in [0.4, 0.5) is 10.1 Å². The number of hydrogen-bond acceptors (Lipinski definition) is 6. The first-order chi connectivity index (χ1) is 18.3. The number of rotatable bonds is 4. The number of amides is 1. The molecule has 0 aliphatic rings. The number of aromatic amines is 2. The smallest absolute Gasteiger partial charge is 0.229 e. The third kappa shape index (κ3) is 4.15. The molecule has 3 N–H and O–H groups in total. The molecule has 0 saturated carbocycles. The maximum Gasteiger partial charge on any atom is 0.229 e. The van der Waals surface area contributed by atoms with Crippen LogP contribution >= 0.6 is 0 Å². The summed E-state index contributed by atoms with van der Waals surface area (Å²) in [5, 5.41) is 10.8. The average molecular weight is 507 g/mol. The summed E-state index contributed by atoms with van der Waals surface area (Å²) in [5.74, 6) is -0.107. The van der Waals surface area contributed by atoms with Gasteiger partial charge in [0.25, 0.3) is 0 Å². The minimum absolute atomic E-state index is 0.159. The highest BCUT2D eigenvalue weighted by Gasteiger charge is 2.22. The first-order valence-electron chi connectivity index (χ1n) is 12.0. The molecule has 6 rings (SSSR count). The summed E-state index contributed by atoms with van der Waals surface area (Å²) < 4.78 is 15.2. The van der Waals surface area contributed by atoms with Crippen LogP contribution in [0.1, 0.15) is 20.8 Å². The average Bonchev–Trinajstić information content (AvgIpc) is 3.52. The summed E-state index contributed by atoms with van der Waals surface area (Å²) in [7, 11) is 0. The molecule has 0 aliphatic carbocycles. The summed E-state index contributed by atoms with van der Waals surface area (Å²) in [6.07, 6.45) is 8.29. The number of hydrogen-bond donors (Lipinski definition) is 3. The van der Waals surface area contributed by atoms with Crippen molar-refractivity contribution in [3.05, 3.63) is 73.2 Å². The molecule has 188 valence electrons. The van der Waals surface area contributed by atoms with Gasteiger partial charge >= 0.3 is 0 Å². The van der Waals surface area contributed by atoms with Crippen LogP contribution in [0.5, 0.6) is 0 Å². The van der Waals surface area contributed by atoms with Gasteiger partial charge in [-0.2, -0.15) is 5.10 Å². The van der Waals surface area contributed by atoms with E-state index in [4.69, 9.17) is 4.98 Å². The van der Waals surface area contributed by atoms with Gasteiger partial charge in [0, 0.05) is 63.9 Å². The van der Waals surface area contributed by atoms with E-state index in [0.29, 0.717) is 50.4 Å². The first-order valence-corrected chi connectivity index (χ1v) is 12.0. The van der Waals surface area contributed by atoms with Gasteiger partial charge in [-0.15, -0.1) is 0 Å². The Morgan fingerprint density at radius 2 is 1.82 bits per heavy atom. The van der Waals surface area contributed by atoms with Crippen LogP contribution in [0, 0.1) is 11.2 Å². The molecule has 0 saturated heterocycles. The van der Waals surface area contributed by atoms with Crippen molar-refractivity contribution in [2.75, 3.05) is 5.32 Å². The Morgan fingerprint density at radius 3 is 2.61 bits per heavy atom. The molecule has 38 heavy (non-hydrogen) atoms. The van der Waals surface area contributed by atoms with E-state index in [2.05, 4.69) is 35.5 Å². The van der Waals surface area contributed by atoms with Gasteiger partial charge in [0.2, 0.25) is 5.91 Å². The first kappa shape index (κ1) is 23.4. The van der Waals surface area contributed by atoms with Crippen LogP contribution < -0.4 is 5.32 Å². The van der Waals surface area contributed by atoms with Gasteiger partial charge in [-0.3, -0.25) is 19.9 Å². The Morgan fingerprint density at radius 1 is 0.974 bits per heavy atom. The van der Waals surface area contributed by atoms with E-state index in [9.17, 15) is 4.79 Å². The van der Waals surface area contributed by atoms with E-state index in [1.165, 1.54) is 12.3 Å². The van der Waals surface area contributed by atoms with Crippen LogP contribution in [0.2, 0.25) is 0 Å². The van der Waals surface area contributed by atoms with Gasteiger partial charge < -0.3 is 10.3 Å². The monoisotopic (exact) mass is 506 g/mol. The Labute approximate surface area is 216 Å². The van der Waals surface area contributed by atoms with Gasteiger partial charge in [0.05, 0.1) is 17.4 Å². The van der Waals surface area contributed by atoms with Gasteiger partial charge in [-0.05, 0) is 24.3 Å². The Hall–Kier alpha value is -4.99. The second-order valence-electron chi connectivity index (χ2n) is 10.00. The number of fused-ring (bicyclic) bond motifs is 2. The Kier molecular flexibility index (Phi) is 5.45. The number of benzene rings is 1. The van der Waals surface area contributed by atoms with Gasteiger partial charge in [0.15, 0.2) is 11.5 Å². The fourth-order valence-electron chi connectivity index (χ4n) is 4.19. The van der Waals surface area contributed by atoms with E-state index in [1.807, 2.05) is 39.0 Å². The van der Waals surface area contributed by atoms with E-state index in [1.54, 1.807) is 36.9 Å². The number of imidazole rings is 1. The Bertz CT molecular complexity index is 1820. The van der Waals surface area contributed by atoms with Crippen molar-refractivity contribution < 1.29 is 9.18 Å². The van der Waals surface area contributed by atoms with Gasteiger partial charge in [-0.1, -0.05) is 26.8 Å². The number of nitrogens with one attached hydrogen (secondary N) is 3. The van der Waals surface area contributed by atoms with Crippen LogP contribution in [-0.2, 0) is 4.79 Å². The van der Waals surface area contributed by atoms with Gasteiger partial charge in [-0.25, -0.2) is 14.4 Å². The van der Waals surface area contributed by atoms with Crippen molar-refractivity contribution in [2.45, 2.75) is 20.8 Å². The summed E-state index contributed by atoms with van der Waals surface area (Å²) in [4.78, 5) is 33.3. The zero-order valence-electron chi connectivity index (χ0n) is 20.9. The molecule has 0 radical (unpaired) electrons. The van der Waals surface area contributed by atoms with Crippen molar-refractivity contribution in [2.24, 2.45) is 5.41 Å². The lowest BCUT2D eigenvalue weighted by molar-refractivity contribution is -0.123. The van der Waals surface area contributed by atoms with Crippen molar-refractivity contribution in [3.8, 4) is 33.8 Å². The third-order valence-electron chi connectivity index (χ3n) is 6.22. The fourth-order valence-corrected chi connectivity index (χ4v) is 4.19. The summed E-state index contributed by atoms with van der Waals surface area (Å²) in [6.45, 7) is 5.46. The number of carbonyl (C=O) groups excluding carboxylic acids is 1. The summed E-state index contributed by atoms with van der Waals surface area (Å²) in [5.41, 5.74) is 4.89. The highest BCUT2D eigenvalue weighted by Crippen LogP contribution is 2.34. The fraction of sp³-hybridized carbons (Fsp3) is 0.143. The minimum Gasteiger partial charge on any atom is -0.324 e. The van der Waals surface area contributed by atoms with Crippen molar-refractivity contribution in [3.63, 3.8) is 0 Å². The number of anilines is 1. The molecule has 0 spiro atoms. The lowest BCUT2D eigenvalue weighted by atomic mass is 9.95. The summed E-state index contributed by atoms with van der Waals surface area (Å²) in [6, 6.07) is 10.5. The molecule has 0 aliphatic heterocycles.